The van der Waals surface area contributed by atoms with Crippen LogP contribution in [0.2, 0.25) is 0 Å². The molecular formula is C14H14I3NO6. The maximum atomic E-state index is 12.3. The van der Waals surface area contributed by atoms with Crippen molar-refractivity contribution in [3.05, 3.63) is 22.3 Å². The van der Waals surface area contributed by atoms with Crippen LogP contribution in [0.1, 0.15) is 24.2 Å². The van der Waals surface area contributed by atoms with Crippen LogP contribution in [0.3, 0.4) is 0 Å². The zero-order valence-electron chi connectivity index (χ0n) is 12.7. The quantitative estimate of drug-likeness (QED) is 0.366. The predicted molar refractivity (Wildman–Crippen MR) is 112 cm³/mol. The Labute approximate surface area is 179 Å². The SMILES string of the molecule is CC(=O)N(C(C)=O)c1c(I)cc(I)c(C(=O)OCC(O)CO)c1I. The number of amides is 2. The summed E-state index contributed by atoms with van der Waals surface area (Å²) in [7, 11) is 0. The van der Waals surface area contributed by atoms with E-state index in [4.69, 9.17) is 9.84 Å². The largest absolute Gasteiger partial charge is 0.459 e. The Bertz CT molecular complexity index is 665. The van der Waals surface area contributed by atoms with Crippen molar-refractivity contribution < 1.29 is 29.3 Å². The molecule has 0 aliphatic carbocycles. The second-order valence-electron chi connectivity index (χ2n) is 4.69. The number of aliphatic hydroxyl groups excluding tert-OH is 2. The number of esters is 1. The summed E-state index contributed by atoms with van der Waals surface area (Å²) in [6.45, 7) is 1.65. The van der Waals surface area contributed by atoms with Crippen LogP contribution in [0.15, 0.2) is 6.07 Å². The van der Waals surface area contributed by atoms with E-state index in [0.29, 0.717) is 16.4 Å². The zero-order valence-corrected chi connectivity index (χ0v) is 19.1. The maximum absolute atomic E-state index is 12.3. The Morgan fingerprint density at radius 1 is 1.17 bits per heavy atom. The fourth-order valence-corrected chi connectivity index (χ4v) is 6.10. The number of hydrogen-bond donors (Lipinski definition) is 2. The van der Waals surface area contributed by atoms with Crippen molar-refractivity contribution in [2.75, 3.05) is 18.1 Å². The molecule has 1 aromatic carbocycles. The van der Waals surface area contributed by atoms with Crippen LogP contribution in [0.25, 0.3) is 0 Å². The first-order valence-corrected chi connectivity index (χ1v) is 9.80. The number of imide groups is 1. The van der Waals surface area contributed by atoms with Gasteiger partial charge in [0.1, 0.15) is 12.7 Å². The molecule has 132 valence electrons. The second kappa shape index (κ2) is 9.59. The number of nitrogens with zero attached hydrogens (tertiary/aromatic N) is 1. The lowest BCUT2D eigenvalue weighted by atomic mass is 10.2. The normalized spacial score (nSPS) is 11.8. The molecule has 0 aromatic heterocycles. The first kappa shape index (κ1) is 22.0. The van der Waals surface area contributed by atoms with Gasteiger partial charge in [0.05, 0.1) is 21.4 Å². The number of hydrogen-bond acceptors (Lipinski definition) is 6. The summed E-state index contributed by atoms with van der Waals surface area (Å²) in [5, 5.41) is 18.1. The van der Waals surface area contributed by atoms with Gasteiger partial charge in [-0.05, 0) is 73.8 Å². The molecule has 0 spiro atoms. The van der Waals surface area contributed by atoms with E-state index >= 15 is 0 Å². The number of carbonyl (C=O) groups excluding carboxylic acids is 3. The van der Waals surface area contributed by atoms with Gasteiger partial charge < -0.3 is 14.9 Å². The molecule has 24 heavy (non-hydrogen) atoms. The minimum atomic E-state index is -1.17. The molecule has 10 heteroatoms. The molecule has 0 aliphatic rings. The van der Waals surface area contributed by atoms with Crippen LogP contribution < -0.4 is 4.90 Å². The van der Waals surface area contributed by atoms with Crippen molar-refractivity contribution in [2.24, 2.45) is 0 Å². The number of aliphatic hydroxyl groups is 2. The van der Waals surface area contributed by atoms with Crippen LogP contribution in [0, 0.1) is 10.7 Å². The third kappa shape index (κ3) is 5.22. The average molecular weight is 673 g/mol. The molecule has 1 unspecified atom stereocenters. The number of benzene rings is 1. The first-order chi connectivity index (χ1) is 11.1. The molecule has 1 rings (SSSR count). The van der Waals surface area contributed by atoms with E-state index in [1.54, 1.807) is 6.07 Å². The van der Waals surface area contributed by atoms with Gasteiger partial charge in [-0.3, -0.25) is 9.59 Å². The molecule has 1 atom stereocenters. The van der Waals surface area contributed by atoms with Crippen LogP contribution >= 0.6 is 67.8 Å². The lowest BCUT2D eigenvalue weighted by Crippen LogP contribution is -2.35. The van der Waals surface area contributed by atoms with E-state index in [9.17, 15) is 19.5 Å². The van der Waals surface area contributed by atoms with Crippen molar-refractivity contribution in [1.29, 1.82) is 0 Å². The highest BCUT2D eigenvalue weighted by molar-refractivity contribution is 14.1. The predicted octanol–water partition coefficient (Wildman–Crippen LogP) is 1.91. The number of ether oxygens (including phenoxy) is 1. The van der Waals surface area contributed by atoms with Gasteiger partial charge in [-0.2, -0.15) is 0 Å². The van der Waals surface area contributed by atoms with Gasteiger partial charge in [-0.15, -0.1) is 0 Å². The Kier molecular flexibility index (Phi) is 8.78. The molecule has 7 nitrogen and oxygen atoms in total. The van der Waals surface area contributed by atoms with Crippen molar-refractivity contribution in [1.82, 2.24) is 0 Å². The Balaban J connectivity index is 3.38. The summed E-state index contributed by atoms with van der Waals surface area (Å²) in [6.07, 6.45) is -1.17. The molecule has 0 heterocycles. The third-order valence-corrected chi connectivity index (χ3v) is 5.54. The molecule has 1 aromatic rings. The Hall–Kier alpha value is -0.0600. The van der Waals surface area contributed by atoms with Crippen molar-refractivity contribution in [2.45, 2.75) is 20.0 Å². The van der Waals surface area contributed by atoms with Crippen molar-refractivity contribution in [3.63, 3.8) is 0 Å². The van der Waals surface area contributed by atoms with Gasteiger partial charge in [0.25, 0.3) is 0 Å². The summed E-state index contributed by atoms with van der Waals surface area (Å²) in [5.74, 6) is -1.63. The molecular weight excluding hydrogens is 659 g/mol. The number of anilines is 1. The van der Waals surface area contributed by atoms with Gasteiger partial charge in [0.15, 0.2) is 0 Å². The third-order valence-electron chi connectivity index (χ3n) is 2.82. The summed E-state index contributed by atoms with van der Waals surface area (Å²) in [4.78, 5) is 37.0. The van der Waals surface area contributed by atoms with Crippen LogP contribution in [0.5, 0.6) is 0 Å². The lowest BCUT2D eigenvalue weighted by Gasteiger charge is -2.22. The van der Waals surface area contributed by atoms with E-state index in [0.717, 1.165) is 4.90 Å². The zero-order chi connectivity index (χ0) is 18.6. The minimum Gasteiger partial charge on any atom is -0.459 e. The smallest absolute Gasteiger partial charge is 0.340 e. The van der Waals surface area contributed by atoms with Gasteiger partial charge >= 0.3 is 5.97 Å². The maximum Gasteiger partial charge on any atom is 0.340 e. The highest BCUT2D eigenvalue weighted by Gasteiger charge is 2.28. The summed E-state index contributed by atoms with van der Waals surface area (Å²) < 4.78 is 6.61. The Morgan fingerprint density at radius 2 is 1.71 bits per heavy atom. The topological polar surface area (TPSA) is 104 Å². The van der Waals surface area contributed by atoms with E-state index in [-0.39, 0.29) is 12.2 Å². The van der Waals surface area contributed by atoms with E-state index in [2.05, 4.69) is 0 Å². The molecule has 2 amide bonds. The fraction of sp³-hybridized carbons (Fsp3) is 0.357. The molecule has 2 N–H and O–H groups in total. The summed E-state index contributed by atoms with van der Waals surface area (Å²) in [6, 6.07) is 1.66. The second-order valence-corrected chi connectivity index (χ2v) is 8.09. The first-order valence-electron chi connectivity index (χ1n) is 6.56. The van der Waals surface area contributed by atoms with E-state index in [1.165, 1.54) is 13.8 Å². The molecule has 0 saturated carbocycles. The molecule has 0 saturated heterocycles. The molecule has 0 fully saturated rings. The van der Waals surface area contributed by atoms with E-state index < -0.39 is 30.5 Å². The highest BCUT2D eigenvalue weighted by atomic mass is 127. The molecule has 0 bridgehead atoms. The van der Waals surface area contributed by atoms with Crippen LogP contribution in [-0.2, 0) is 14.3 Å². The van der Waals surface area contributed by atoms with Gasteiger partial charge in [-0.1, -0.05) is 0 Å². The minimum absolute atomic E-state index is 0.198. The van der Waals surface area contributed by atoms with Gasteiger partial charge in [0.2, 0.25) is 11.8 Å². The number of rotatable bonds is 5. The average Bonchev–Trinajstić information content (AvgIpc) is 2.47. The van der Waals surface area contributed by atoms with Gasteiger partial charge in [0, 0.05) is 21.0 Å². The van der Waals surface area contributed by atoms with E-state index in [1.807, 2.05) is 67.8 Å². The summed E-state index contributed by atoms with van der Waals surface area (Å²) in [5.41, 5.74) is 0.524. The number of halogens is 3. The molecule has 0 aliphatic heterocycles. The Morgan fingerprint density at radius 3 is 2.17 bits per heavy atom. The van der Waals surface area contributed by atoms with Gasteiger partial charge in [-0.25, -0.2) is 9.69 Å². The monoisotopic (exact) mass is 673 g/mol. The fourth-order valence-electron chi connectivity index (χ4n) is 1.81. The standard InChI is InChI=1S/C14H14I3NO6/c1-6(20)18(7(2)21)13-10(16)3-9(15)11(12(13)17)14(23)24-5-8(22)4-19/h3,8,19,22H,4-5H2,1-2H3. The lowest BCUT2D eigenvalue weighted by molar-refractivity contribution is -0.124. The number of carbonyl (C=O) groups is 3. The molecule has 0 radical (unpaired) electrons. The van der Waals surface area contributed by atoms with Crippen molar-refractivity contribution in [3.8, 4) is 0 Å². The highest BCUT2D eigenvalue weighted by Crippen LogP contribution is 2.35. The van der Waals surface area contributed by atoms with Crippen molar-refractivity contribution >= 4 is 91.2 Å². The van der Waals surface area contributed by atoms with Crippen LogP contribution in [0.4, 0.5) is 5.69 Å². The summed E-state index contributed by atoms with van der Waals surface area (Å²) >= 11 is 5.84. The van der Waals surface area contributed by atoms with Crippen LogP contribution in [-0.4, -0.2) is 47.3 Å².